The lowest BCUT2D eigenvalue weighted by Crippen LogP contribution is -2.55. The lowest BCUT2D eigenvalue weighted by molar-refractivity contribution is -0.145. The van der Waals surface area contributed by atoms with Crippen LogP contribution in [-0.2, 0) is 19.1 Å². The second kappa shape index (κ2) is 10.1. The van der Waals surface area contributed by atoms with E-state index in [-0.39, 0.29) is 30.9 Å². The molecule has 4 rings (SSSR count). The summed E-state index contributed by atoms with van der Waals surface area (Å²) in [7, 11) is 0. The number of carbonyl (C=O) groups is 3. The number of ether oxygens (including phenoxy) is 2. The average molecular weight is 488 g/mol. The van der Waals surface area contributed by atoms with Gasteiger partial charge in [-0.15, -0.1) is 0 Å². The number of unbranched alkanes of at least 4 members (excludes halogenated alkanes) is 2. The van der Waals surface area contributed by atoms with E-state index in [1.807, 2.05) is 13.8 Å². The minimum atomic E-state index is -1.07. The Morgan fingerprint density at radius 1 is 1.17 bits per heavy atom. The van der Waals surface area contributed by atoms with Crippen LogP contribution in [0, 0.1) is 11.8 Å². The van der Waals surface area contributed by atoms with Crippen LogP contribution in [0.4, 0.5) is 5.69 Å². The third kappa shape index (κ3) is 4.40. The smallest absolute Gasteiger partial charge is 0.245 e. The SMILES string of the molecule is CCCCCNC(=O)C1N(CCO)C(=O)[C@@H]2[C@H](C(=O)Nc3ccc(OCC)cc3)[C@]3(C)CCC12O3. The number of aliphatic hydroxyl groups is 1. The minimum Gasteiger partial charge on any atom is -0.494 e. The van der Waals surface area contributed by atoms with Crippen LogP contribution in [0.25, 0.3) is 0 Å². The van der Waals surface area contributed by atoms with Gasteiger partial charge in [0.15, 0.2) is 0 Å². The number of fused-ring (bicyclic) bond motifs is 1. The van der Waals surface area contributed by atoms with Gasteiger partial charge in [0.05, 0.1) is 30.7 Å². The molecule has 0 radical (unpaired) electrons. The molecule has 3 heterocycles. The number of hydrogen-bond donors (Lipinski definition) is 3. The van der Waals surface area contributed by atoms with Gasteiger partial charge >= 0.3 is 0 Å². The van der Waals surface area contributed by atoms with Gasteiger partial charge in [-0.25, -0.2) is 0 Å². The lowest BCUT2D eigenvalue weighted by atomic mass is 9.66. The summed E-state index contributed by atoms with van der Waals surface area (Å²) >= 11 is 0. The zero-order valence-corrected chi connectivity index (χ0v) is 20.8. The van der Waals surface area contributed by atoms with E-state index in [1.165, 1.54) is 4.90 Å². The van der Waals surface area contributed by atoms with E-state index in [4.69, 9.17) is 9.47 Å². The van der Waals surface area contributed by atoms with Gasteiger partial charge < -0.3 is 30.1 Å². The molecule has 192 valence electrons. The first kappa shape index (κ1) is 25.4. The highest BCUT2D eigenvalue weighted by Gasteiger charge is 2.77. The van der Waals surface area contributed by atoms with Crippen LogP contribution in [0.15, 0.2) is 24.3 Å². The molecule has 3 aliphatic heterocycles. The Labute approximate surface area is 206 Å². The molecule has 3 aliphatic rings. The minimum absolute atomic E-state index is 0.0252. The number of hydrogen-bond acceptors (Lipinski definition) is 6. The van der Waals surface area contributed by atoms with Crippen LogP contribution in [0.3, 0.4) is 0 Å². The molecule has 2 unspecified atom stereocenters. The third-order valence-electron chi connectivity index (χ3n) is 7.66. The number of benzene rings is 1. The maximum atomic E-state index is 13.6. The summed E-state index contributed by atoms with van der Waals surface area (Å²) in [6.45, 7) is 6.68. The molecule has 2 bridgehead atoms. The predicted octanol–water partition coefficient (Wildman–Crippen LogP) is 2.09. The summed E-state index contributed by atoms with van der Waals surface area (Å²) in [5.74, 6) is -1.69. The molecular formula is C26H37N3O6. The standard InChI is InChI=1S/C26H37N3O6/c1-4-6-7-14-27-23(32)21-26-13-12-25(3,35-26)19(20(26)24(33)29(21)15-16-30)22(31)28-17-8-10-18(11-9-17)34-5-2/h8-11,19-21,30H,4-7,12-16H2,1-3H3,(H,27,32)(H,28,31)/t19-,20+,21?,25+,26?/m1/s1. The number of nitrogens with one attached hydrogen (secondary N) is 2. The summed E-state index contributed by atoms with van der Waals surface area (Å²) < 4.78 is 12.0. The second-order valence-corrected chi connectivity index (χ2v) is 9.93. The molecule has 0 aliphatic carbocycles. The van der Waals surface area contributed by atoms with Crippen molar-refractivity contribution in [3.63, 3.8) is 0 Å². The van der Waals surface area contributed by atoms with Gasteiger partial charge in [0.25, 0.3) is 0 Å². The van der Waals surface area contributed by atoms with Gasteiger partial charge in [0, 0.05) is 18.8 Å². The molecule has 0 aromatic heterocycles. The average Bonchev–Trinajstić information content (AvgIpc) is 3.39. The van der Waals surface area contributed by atoms with Crippen LogP contribution in [0.2, 0.25) is 0 Å². The van der Waals surface area contributed by atoms with Crippen molar-refractivity contribution in [1.29, 1.82) is 0 Å². The lowest BCUT2D eigenvalue weighted by Gasteiger charge is -2.33. The summed E-state index contributed by atoms with van der Waals surface area (Å²) in [4.78, 5) is 41.9. The fourth-order valence-corrected chi connectivity index (χ4v) is 6.18. The van der Waals surface area contributed by atoms with E-state index in [0.717, 1.165) is 19.3 Å². The summed E-state index contributed by atoms with van der Waals surface area (Å²) in [6, 6.07) is 6.22. The quantitative estimate of drug-likeness (QED) is 0.412. The van der Waals surface area contributed by atoms with E-state index in [0.29, 0.717) is 37.4 Å². The largest absolute Gasteiger partial charge is 0.494 e. The first-order valence-electron chi connectivity index (χ1n) is 12.7. The summed E-state index contributed by atoms with van der Waals surface area (Å²) in [6.07, 6.45) is 3.98. The van der Waals surface area contributed by atoms with Crippen molar-refractivity contribution in [3.05, 3.63) is 24.3 Å². The van der Waals surface area contributed by atoms with Crippen molar-refractivity contribution in [3.8, 4) is 5.75 Å². The number of rotatable bonds is 11. The normalized spacial score (nSPS) is 30.9. The van der Waals surface area contributed by atoms with Crippen LogP contribution in [-0.4, -0.2) is 71.3 Å². The van der Waals surface area contributed by atoms with Crippen molar-refractivity contribution in [1.82, 2.24) is 10.2 Å². The highest BCUT2D eigenvalue weighted by Crippen LogP contribution is 2.63. The molecule has 1 aromatic rings. The van der Waals surface area contributed by atoms with Gasteiger partial charge in [0.1, 0.15) is 17.4 Å². The molecule has 3 N–H and O–H groups in total. The molecule has 1 aromatic carbocycles. The Morgan fingerprint density at radius 3 is 2.57 bits per heavy atom. The fraction of sp³-hybridized carbons (Fsp3) is 0.654. The summed E-state index contributed by atoms with van der Waals surface area (Å²) in [5, 5.41) is 15.5. The van der Waals surface area contributed by atoms with Crippen LogP contribution in [0.1, 0.15) is 52.9 Å². The number of carbonyl (C=O) groups excluding carboxylic acids is 3. The Morgan fingerprint density at radius 2 is 1.91 bits per heavy atom. The second-order valence-electron chi connectivity index (χ2n) is 9.93. The number of nitrogens with zero attached hydrogens (tertiary/aromatic N) is 1. The van der Waals surface area contributed by atoms with Crippen LogP contribution < -0.4 is 15.4 Å². The molecule has 3 fully saturated rings. The Balaban J connectivity index is 1.58. The van der Waals surface area contributed by atoms with Crippen molar-refractivity contribution in [2.45, 2.75) is 70.1 Å². The summed E-state index contributed by atoms with van der Waals surface area (Å²) in [5.41, 5.74) is -1.32. The van der Waals surface area contributed by atoms with E-state index in [9.17, 15) is 19.5 Å². The van der Waals surface area contributed by atoms with Gasteiger partial charge in [-0.1, -0.05) is 19.8 Å². The highest BCUT2D eigenvalue weighted by atomic mass is 16.5. The van der Waals surface area contributed by atoms with Gasteiger partial charge in [-0.3, -0.25) is 14.4 Å². The van der Waals surface area contributed by atoms with Gasteiger partial charge in [-0.05, 0) is 57.4 Å². The first-order chi connectivity index (χ1) is 16.8. The monoisotopic (exact) mass is 487 g/mol. The number of likely N-dealkylation sites (tertiary alicyclic amines) is 1. The molecule has 1 spiro atoms. The van der Waals surface area contributed by atoms with Crippen LogP contribution in [0.5, 0.6) is 5.75 Å². The molecule has 35 heavy (non-hydrogen) atoms. The predicted molar refractivity (Wildman–Crippen MR) is 130 cm³/mol. The van der Waals surface area contributed by atoms with E-state index >= 15 is 0 Å². The Hall–Kier alpha value is -2.65. The van der Waals surface area contributed by atoms with Crippen molar-refractivity contribution < 1.29 is 29.0 Å². The first-order valence-corrected chi connectivity index (χ1v) is 12.7. The highest BCUT2D eigenvalue weighted by molar-refractivity contribution is 6.02. The van der Waals surface area contributed by atoms with Gasteiger partial charge in [0.2, 0.25) is 17.7 Å². The molecule has 3 saturated heterocycles. The van der Waals surface area contributed by atoms with Crippen molar-refractivity contribution in [2.24, 2.45) is 11.8 Å². The number of β-amino-alcohol motifs (C(OH)–C–C–N with tert-alkyl or cyclic N) is 1. The van der Waals surface area contributed by atoms with Crippen LogP contribution >= 0.6 is 0 Å². The van der Waals surface area contributed by atoms with E-state index in [2.05, 4.69) is 17.6 Å². The fourth-order valence-electron chi connectivity index (χ4n) is 6.18. The zero-order valence-electron chi connectivity index (χ0n) is 20.8. The maximum absolute atomic E-state index is 13.6. The Kier molecular flexibility index (Phi) is 7.38. The van der Waals surface area contributed by atoms with E-state index < -0.39 is 29.1 Å². The molecule has 9 nitrogen and oxygen atoms in total. The van der Waals surface area contributed by atoms with Crippen molar-refractivity contribution >= 4 is 23.4 Å². The molecule has 3 amide bonds. The third-order valence-corrected chi connectivity index (χ3v) is 7.66. The number of anilines is 1. The Bertz CT molecular complexity index is 953. The zero-order chi connectivity index (χ0) is 25.2. The topological polar surface area (TPSA) is 117 Å². The number of amides is 3. The molecular weight excluding hydrogens is 450 g/mol. The maximum Gasteiger partial charge on any atom is 0.245 e. The van der Waals surface area contributed by atoms with E-state index in [1.54, 1.807) is 24.3 Å². The number of aliphatic hydroxyl groups excluding tert-OH is 1. The van der Waals surface area contributed by atoms with Gasteiger partial charge in [-0.2, -0.15) is 0 Å². The molecule has 9 heteroatoms. The molecule has 0 saturated carbocycles. The molecule has 5 atom stereocenters. The van der Waals surface area contributed by atoms with Crippen molar-refractivity contribution in [2.75, 3.05) is 31.6 Å².